The van der Waals surface area contributed by atoms with Crippen LogP contribution in [0.2, 0.25) is 5.02 Å². The second-order valence-electron chi connectivity index (χ2n) is 5.88. The van der Waals surface area contributed by atoms with Crippen LogP contribution in [0.25, 0.3) is 22.4 Å². The van der Waals surface area contributed by atoms with Gasteiger partial charge in [0.2, 0.25) is 0 Å². The van der Waals surface area contributed by atoms with Crippen molar-refractivity contribution in [2.24, 2.45) is 0 Å². The molecule has 4 rings (SSSR count). The average Bonchev–Trinajstić information content (AvgIpc) is 2.98. The summed E-state index contributed by atoms with van der Waals surface area (Å²) >= 11 is 6.19. The summed E-state index contributed by atoms with van der Waals surface area (Å²) in [5.41, 5.74) is 1.82. The predicted octanol–water partition coefficient (Wildman–Crippen LogP) is 3.48. The normalized spacial score (nSPS) is 18.3. The van der Waals surface area contributed by atoms with Crippen LogP contribution in [0.4, 0.5) is 10.4 Å². The Morgan fingerprint density at radius 3 is 3.08 bits per heavy atom. The number of oxazole rings is 1. The molecule has 5 nitrogen and oxygen atoms in total. The minimum absolute atomic E-state index is 0.209. The zero-order chi connectivity index (χ0) is 16.7. The number of benzene rings is 1. The summed E-state index contributed by atoms with van der Waals surface area (Å²) in [6.07, 6.45) is 1.54. The van der Waals surface area contributed by atoms with Crippen molar-refractivity contribution in [1.82, 2.24) is 15.3 Å². The van der Waals surface area contributed by atoms with Crippen molar-refractivity contribution in [3.05, 3.63) is 41.3 Å². The van der Waals surface area contributed by atoms with E-state index < -0.39 is 5.82 Å². The summed E-state index contributed by atoms with van der Waals surface area (Å²) < 4.78 is 20.2. The van der Waals surface area contributed by atoms with Gasteiger partial charge < -0.3 is 14.6 Å². The Bertz CT molecular complexity index is 897. The van der Waals surface area contributed by atoms with Gasteiger partial charge in [0.1, 0.15) is 17.0 Å². The smallest absolute Gasteiger partial charge is 0.298 e. The first-order chi connectivity index (χ1) is 11.6. The average molecular weight is 347 g/mol. The van der Waals surface area contributed by atoms with Gasteiger partial charge in [-0.15, -0.1) is 0 Å². The van der Waals surface area contributed by atoms with Crippen LogP contribution in [0, 0.1) is 5.82 Å². The van der Waals surface area contributed by atoms with Crippen LogP contribution in [0.3, 0.4) is 0 Å². The van der Waals surface area contributed by atoms with Gasteiger partial charge in [-0.05, 0) is 31.2 Å². The maximum absolute atomic E-state index is 14.2. The molecule has 1 unspecified atom stereocenters. The monoisotopic (exact) mass is 346 g/mol. The molecule has 1 aliphatic rings. The lowest BCUT2D eigenvalue weighted by atomic mass is 10.1. The maximum Gasteiger partial charge on any atom is 0.298 e. The van der Waals surface area contributed by atoms with Gasteiger partial charge in [0, 0.05) is 42.5 Å². The van der Waals surface area contributed by atoms with Gasteiger partial charge in [-0.3, -0.25) is 4.98 Å². The van der Waals surface area contributed by atoms with Crippen LogP contribution < -0.4 is 10.2 Å². The largest absolute Gasteiger partial charge is 0.423 e. The topological polar surface area (TPSA) is 54.2 Å². The molecule has 0 aliphatic carbocycles. The quantitative estimate of drug-likeness (QED) is 0.770. The molecular weight excluding hydrogens is 331 g/mol. The van der Waals surface area contributed by atoms with Gasteiger partial charge in [0.25, 0.3) is 6.01 Å². The predicted molar refractivity (Wildman–Crippen MR) is 91.9 cm³/mol. The molecule has 0 bridgehead atoms. The fraction of sp³-hybridized carbons (Fsp3) is 0.294. The van der Waals surface area contributed by atoms with Crippen molar-refractivity contribution in [3.63, 3.8) is 0 Å². The maximum atomic E-state index is 14.2. The summed E-state index contributed by atoms with van der Waals surface area (Å²) in [6, 6.07) is 7.09. The van der Waals surface area contributed by atoms with E-state index in [-0.39, 0.29) is 11.7 Å². The van der Waals surface area contributed by atoms with E-state index in [0.29, 0.717) is 27.7 Å². The third-order valence-electron chi connectivity index (χ3n) is 4.20. The van der Waals surface area contributed by atoms with Crippen molar-refractivity contribution in [1.29, 1.82) is 0 Å². The second-order valence-corrected chi connectivity index (χ2v) is 6.31. The van der Waals surface area contributed by atoms with Crippen molar-refractivity contribution in [3.8, 4) is 11.3 Å². The molecule has 7 heteroatoms. The van der Waals surface area contributed by atoms with E-state index >= 15 is 0 Å². The van der Waals surface area contributed by atoms with Gasteiger partial charge >= 0.3 is 0 Å². The van der Waals surface area contributed by atoms with E-state index in [4.69, 9.17) is 16.0 Å². The zero-order valence-corrected chi connectivity index (χ0v) is 13.8. The lowest BCUT2D eigenvalue weighted by Gasteiger charge is -2.32. The minimum atomic E-state index is -0.422. The molecule has 124 valence electrons. The number of aromatic nitrogens is 2. The molecule has 24 heavy (non-hydrogen) atoms. The molecule has 1 N–H and O–H groups in total. The number of fused-ring (bicyclic) bond motifs is 1. The Kier molecular flexibility index (Phi) is 3.86. The summed E-state index contributed by atoms with van der Waals surface area (Å²) in [5.74, 6) is -0.422. The number of anilines is 1. The van der Waals surface area contributed by atoms with Crippen molar-refractivity contribution >= 4 is 28.7 Å². The van der Waals surface area contributed by atoms with Crippen LogP contribution >= 0.6 is 11.6 Å². The Hall–Kier alpha value is -2.18. The van der Waals surface area contributed by atoms with Gasteiger partial charge in [0.05, 0.1) is 0 Å². The highest BCUT2D eigenvalue weighted by atomic mass is 35.5. The third-order valence-corrected chi connectivity index (χ3v) is 4.42. The first-order valence-electron chi connectivity index (χ1n) is 7.82. The minimum Gasteiger partial charge on any atom is -0.423 e. The molecule has 1 fully saturated rings. The van der Waals surface area contributed by atoms with Crippen LogP contribution in [-0.2, 0) is 0 Å². The van der Waals surface area contributed by atoms with Crippen molar-refractivity contribution in [2.45, 2.75) is 13.0 Å². The summed E-state index contributed by atoms with van der Waals surface area (Å²) in [4.78, 5) is 10.8. The van der Waals surface area contributed by atoms with E-state index in [2.05, 4.69) is 27.1 Å². The summed E-state index contributed by atoms with van der Waals surface area (Å²) in [7, 11) is 0. The highest BCUT2D eigenvalue weighted by Crippen LogP contribution is 2.35. The molecule has 3 aromatic rings. The summed E-state index contributed by atoms with van der Waals surface area (Å²) in [6.45, 7) is 4.63. The number of pyridine rings is 1. The molecular formula is C17H16ClFN4O. The van der Waals surface area contributed by atoms with Gasteiger partial charge in [-0.2, -0.15) is 4.98 Å². The molecule has 1 saturated heterocycles. The number of hydrogen-bond donors (Lipinski definition) is 1. The highest BCUT2D eigenvalue weighted by molar-refractivity contribution is 6.31. The molecule has 1 aliphatic heterocycles. The first kappa shape index (κ1) is 15.4. The number of halogens is 2. The lowest BCUT2D eigenvalue weighted by Crippen LogP contribution is -2.50. The molecule has 0 amide bonds. The van der Waals surface area contributed by atoms with Crippen molar-refractivity contribution in [2.75, 3.05) is 24.5 Å². The van der Waals surface area contributed by atoms with Crippen LogP contribution in [-0.4, -0.2) is 35.6 Å². The van der Waals surface area contributed by atoms with E-state index in [9.17, 15) is 4.39 Å². The molecule has 1 aromatic carbocycles. The highest BCUT2D eigenvalue weighted by Gasteiger charge is 2.24. The van der Waals surface area contributed by atoms with E-state index in [0.717, 1.165) is 19.6 Å². The first-order valence-corrected chi connectivity index (χ1v) is 8.19. The molecule has 1 atom stereocenters. The Morgan fingerprint density at radius 1 is 1.42 bits per heavy atom. The zero-order valence-electron chi connectivity index (χ0n) is 13.1. The number of piperazine rings is 1. The van der Waals surface area contributed by atoms with Crippen LogP contribution in [0.1, 0.15) is 6.92 Å². The second kappa shape index (κ2) is 6.03. The third kappa shape index (κ3) is 2.61. The Labute approximate surface area is 143 Å². The van der Waals surface area contributed by atoms with E-state index in [1.165, 1.54) is 6.07 Å². The fourth-order valence-corrected chi connectivity index (χ4v) is 3.21. The van der Waals surface area contributed by atoms with Gasteiger partial charge in [-0.25, -0.2) is 4.39 Å². The molecule has 3 heterocycles. The van der Waals surface area contributed by atoms with E-state index in [1.54, 1.807) is 24.4 Å². The van der Waals surface area contributed by atoms with Crippen LogP contribution in [0.15, 0.2) is 34.9 Å². The standard InChI is InChI=1S/C17H16ClFN4O/c1-10-9-20-5-6-23(10)17-22-14-8-11(18)7-12(16(14)24-17)15-13(19)3-2-4-21-15/h2-4,7-8,10,20H,5-6,9H2,1H3. The Morgan fingerprint density at radius 2 is 2.29 bits per heavy atom. The summed E-state index contributed by atoms with van der Waals surface area (Å²) in [5, 5.41) is 3.80. The Balaban J connectivity index is 1.88. The number of nitrogens with one attached hydrogen (secondary N) is 1. The lowest BCUT2D eigenvalue weighted by molar-refractivity contribution is 0.456. The molecule has 2 aromatic heterocycles. The molecule has 0 saturated carbocycles. The van der Waals surface area contributed by atoms with E-state index in [1.807, 2.05) is 0 Å². The number of nitrogens with zero attached hydrogens (tertiary/aromatic N) is 3. The number of rotatable bonds is 2. The van der Waals surface area contributed by atoms with Gasteiger partial charge in [-0.1, -0.05) is 11.6 Å². The number of hydrogen-bond acceptors (Lipinski definition) is 5. The van der Waals surface area contributed by atoms with Gasteiger partial charge in [0.15, 0.2) is 5.58 Å². The molecule has 0 radical (unpaired) electrons. The van der Waals surface area contributed by atoms with Crippen LogP contribution in [0.5, 0.6) is 0 Å². The molecule has 0 spiro atoms. The SMILES string of the molecule is CC1CNCCN1c1nc2cc(Cl)cc(-c3ncccc3F)c2o1. The fourth-order valence-electron chi connectivity index (χ4n) is 2.99. The van der Waals surface area contributed by atoms with Crippen molar-refractivity contribution < 1.29 is 8.81 Å².